The molecule has 2 aromatic carbocycles. The summed E-state index contributed by atoms with van der Waals surface area (Å²) in [5, 5.41) is 7.84. The molecule has 3 nitrogen and oxygen atoms in total. The molecule has 94 valence electrons. The molecule has 3 rings (SSSR count). The van der Waals surface area contributed by atoms with Crippen molar-refractivity contribution >= 4 is 0 Å². The summed E-state index contributed by atoms with van der Waals surface area (Å²) < 4.78 is 19.1. The van der Waals surface area contributed by atoms with Gasteiger partial charge in [0.2, 0.25) is 5.89 Å². The Labute approximate surface area is 109 Å². The summed E-state index contributed by atoms with van der Waals surface area (Å²) in [7, 11) is 0. The maximum atomic E-state index is 13.6. The highest BCUT2D eigenvalue weighted by molar-refractivity contribution is 5.58. The number of aromatic nitrogens is 2. The average molecular weight is 254 g/mol. The third-order valence-corrected chi connectivity index (χ3v) is 2.83. The molecule has 0 atom stereocenters. The van der Waals surface area contributed by atoms with Crippen molar-refractivity contribution in [2.24, 2.45) is 0 Å². The number of halogens is 1. The van der Waals surface area contributed by atoms with Gasteiger partial charge in [0, 0.05) is 5.56 Å². The van der Waals surface area contributed by atoms with Crippen LogP contribution in [0.25, 0.3) is 22.9 Å². The fraction of sp³-hybridized carbons (Fsp3) is 0.0667. The van der Waals surface area contributed by atoms with E-state index in [-0.39, 0.29) is 11.7 Å². The molecule has 0 fully saturated rings. The lowest BCUT2D eigenvalue weighted by atomic mass is 10.1. The molecular weight excluding hydrogens is 243 g/mol. The van der Waals surface area contributed by atoms with E-state index in [0.717, 1.165) is 11.1 Å². The van der Waals surface area contributed by atoms with Crippen molar-refractivity contribution < 1.29 is 8.81 Å². The minimum atomic E-state index is -0.374. The zero-order valence-corrected chi connectivity index (χ0v) is 10.3. The molecule has 3 aromatic rings. The van der Waals surface area contributed by atoms with E-state index in [1.54, 1.807) is 18.2 Å². The van der Waals surface area contributed by atoms with Gasteiger partial charge in [-0.1, -0.05) is 29.8 Å². The molecule has 0 saturated carbocycles. The van der Waals surface area contributed by atoms with Crippen molar-refractivity contribution in [3.8, 4) is 22.9 Å². The van der Waals surface area contributed by atoms with Gasteiger partial charge in [-0.2, -0.15) is 0 Å². The van der Waals surface area contributed by atoms with Crippen molar-refractivity contribution in [2.75, 3.05) is 0 Å². The van der Waals surface area contributed by atoms with Gasteiger partial charge in [-0.15, -0.1) is 10.2 Å². The number of aryl methyl sites for hydroxylation is 1. The van der Waals surface area contributed by atoms with Gasteiger partial charge >= 0.3 is 0 Å². The monoisotopic (exact) mass is 254 g/mol. The summed E-state index contributed by atoms with van der Waals surface area (Å²) in [5.74, 6) is 0.202. The van der Waals surface area contributed by atoms with Crippen molar-refractivity contribution in [1.29, 1.82) is 0 Å². The SMILES string of the molecule is Cc1ccc(-c2nnc(-c3ccccc3F)o2)cc1. The lowest BCUT2D eigenvalue weighted by molar-refractivity contribution is 0.570. The molecule has 0 bridgehead atoms. The lowest BCUT2D eigenvalue weighted by Gasteiger charge is -1.97. The van der Waals surface area contributed by atoms with Crippen LogP contribution < -0.4 is 0 Å². The molecule has 0 spiro atoms. The standard InChI is InChI=1S/C15H11FN2O/c1-10-6-8-11(9-7-10)14-17-18-15(19-14)12-4-2-3-5-13(12)16/h2-9H,1H3. The minimum Gasteiger partial charge on any atom is -0.416 e. The molecule has 0 saturated heterocycles. The van der Waals surface area contributed by atoms with E-state index < -0.39 is 0 Å². The maximum absolute atomic E-state index is 13.6. The highest BCUT2D eigenvalue weighted by Crippen LogP contribution is 2.25. The number of nitrogens with zero attached hydrogens (tertiary/aromatic N) is 2. The first-order valence-electron chi connectivity index (χ1n) is 5.89. The molecule has 0 N–H and O–H groups in total. The number of hydrogen-bond donors (Lipinski definition) is 0. The van der Waals surface area contributed by atoms with Gasteiger partial charge in [-0.25, -0.2) is 4.39 Å². The molecule has 19 heavy (non-hydrogen) atoms. The molecule has 0 amide bonds. The number of hydrogen-bond acceptors (Lipinski definition) is 3. The van der Waals surface area contributed by atoms with Crippen LogP contribution in [0.2, 0.25) is 0 Å². The Bertz CT molecular complexity index is 704. The highest BCUT2D eigenvalue weighted by Gasteiger charge is 2.13. The molecule has 0 radical (unpaired) electrons. The van der Waals surface area contributed by atoms with Gasteiger partial charge in [0.25, 0.3) is 5.89 Å². The summed E-state index contributed by atoms with van der Waals surface area (Å²) in [6.45, 7) is 2.00. The first-order valence-corrected chi connectivity index (χ1v) is 5.89. The molecule has 0 aliphatic rings. The van der Waals surface area contributed by atoms with E-state index in [9.17, 15) is 4.39 Å². The van der Waals surface area contributed by atoms with Crippen LogP contribution in [0.5, 0.6) is 0 Å². The smallest absolute Gasteiger partial charge is 0.251 e. The second-order valence-electron chi connectivity index (χ2n) is 4.26. The Morgan fingerprint density at radius 2 is 1.58 bits per heavy atom. The van der Waals surface area contributed by atoms with Crippen LogP contribution in [0.15, 0.2) is 52.9 Å². The fourth-order valence-electron chi connectivity index (χ4n) is 1.78. The van der Waals surface area contributed by atoms with Crippen molar-refractivity contribution in [3.63, 3.8) is 0 Å². The van der Waals surface area contributed by atoms with Crippen LogP contribution in [-0.4, -0.2) is 10.2 Å². The fourth-order valence-corrected chi connectivity index (χ4v) is 1.78. The third kappa shape index (κ3) is 2.25. The zero-order valence-electron chi connectivity index (χ0n) is 10.3. The van der Waals surface area contributed by atoms with Gasteiger partial charge in [-0.05, 0) is 31.2 Å². The molecule has 0 unspecified atom stereocenters. The maximum Gasteiger partial charge on any atom is 0.251 e. The predicted molar refractivity (Wildman–Crippen MR) is 69.9 cm³/mol. The Kier molecular flexibility index (Phi) is 2.83. The molecule has 1 aromatic heterocycles. The van der Waals surface area contributed by atoms with Crippen LogP contribution in [0, 0.1) is 12.7 Å². The van der Waals surface area contributed by atoms with Crippen molar-refractivity contribution in [2.45, 2.75) is 6.92 Å². The number of benzene rings is 2. The van der Waals surface area contributed by atoms with E-state index in [1.165, 1.54) is 6.07 Å². The first kappa shape index (κ1) is 11.6. The summed E-state index contributed by atoms with van der Waals surface area (Å²) in [4.78, 5) is 0. The second kappa shape index (κ2) is 4.65. The van der Waals surface area contributed by atoms with E-state index in [2.05, 4.69) is 10.2 Å². The Hall–Kier alpha value is -2.49. The lowest BCUT2D eigenvalue weighted by Crippen LogP contribution is -1.82. The normalized spacial score (nSPS) is 10.6. The predicted octanol–water partition coefficient (Wildman–Crippen LogP) is 3.85. The van der Waals surface area contributed by atoms with Crippen molar-refractivity contribution in [3.05, 3.63) is 59.9 Å². The minimum absolute atomic E-state index is 0.189. The van der Waals surface area contributed by atoms with Crippen LogP contribution in [-0.2, 0) is 0 Å². The summed E-state index contributed by atoms with van der Waals surface area (Å²) >= 11 is 0. The van der Waals surface area contributed by atoms with Crippen molar-refractivity contribution in [1.82, 2.24) is 10.2 Å². The van der Waals surface area contributed by atoms with Gasteiger partial charge < -0.3 is 4.42 Å². The Morgan fingerprint density at radius 3 is 2.32 bits per heavy atom. The molecule has 0 aliphatic heterocycles. The largest absolute Gasteiger partial charge is 0.416 e. The average Bonchev–Trinajstić information content (AvgIpc) is 2.89. The Balaban J connectivity index is 2.00. The second-order valence-corrected chi connectivity index (χ2v) is 4.26. The summed E-state index contributed by atoms with van der Waals surface area (Å²) in [6.07, 6.45) is 0. The quantitative estimate of drug-likeness (QED) is 0.697. The number of rotatable bonds is 2. The third-order valence-electron chi connectivity index (χ3n) is 2.83. The van der Waals surface area contributed by atoms with Gasteiger partial charge in [0.15, 0.2) is 0 Å². The van der Waals surface area contributed by atoms with Gasteiger partial charge in [0.05, 0.1) is 5.56 Å². The zero-order chi connectivity index (χ0) is 13.2. The topological polar surface area (TPSA) is 38.9 Å². The molecule has 1 heterocycles. The van der Waals surface area contributed by atoms with E-state index in [1.807, 2.05) is 31.2 Å². The highest BCUT2D eigenvalue weighted by atomic mass is 19.1. The van der Waals surface area contributed by atoms with Gasteiger partial charge in [0.1, 0.15) is 5.82 Å². The summed E-state index contributed by atoms with van der Waals surface area (Å²) in [5.41, 5.74) is 2.28. The van der Waals surface area contributed by atoms with E-state index >= 15 is 0 Å². The van der Waals surface area contributed by atoms with Crippen LogP contribution in [0.4, 0.5) is 4.39 Å². The Morgan fingerprint density at radius 1 is 0.895 bits per heavy atom. The molecular formula is C15H11FN2O. The summed E-state index contributed by atoms with van der Waals surface area (Å²) in [6, 6.07) is 14.0. The first-order chi connectivity index (χ1) is 9.24. The van der Waals surface area contributed by atoms with E-state index in [4.69, 9.17) is 4.42 Å². The van der Waals surface area contributed by atoms with Crippen LogP contribution >= 0.6 is 0 Å². The molecule has 0 aliphatic carbocycles. The van der Waals surface area contributed by atoms with Crippen LogP contribution in [0.3, 0.4) is 0 Å². The van der Waals surface area contributed by atoms with E-state index in [0.29, 0.717) is 11.5 Å². The van der Waals surface area contributed by atoms with Gasteiger partial charge in [-0.3, -0.25) is 0 Å². The van der Waals surface area contributed by atoms with Crippen LogP contribution in [0.1, 0.15) is 5.56 Å². The molecule has 4 heteroatoms.